The molecular formula is C43H46F3N11O6S. The van der Waals surface area contributed by atoms with Crippen LogP contribution in [0.4, 0.5) is 30.5 Å². The molecule has 5 aromatic rings. The number of H-pyrrole nitrogens is 1. The Kier molecular flexibility index (Phi) is 12.9. The molecule has 6 heterocycles. The second-order valence-corrected chi connectivity index (χ2v) is 17.4. The van der Waals surface area contributed by atoms with Crippen molar-refractivity contribution >= 4 is 62.1 Å². The van der Waals surface area contributed by atoms with E-state index < -0.39 is 56.3 Å². The second-order valence-electron chi connectivity index (χ2n) is 15.9. The lowest BCUT2D eigenvalue weighted by atomic mass is 9.95. The van der Waals surface area contributed by atoms with Gasteiger partial charge in [-0.15, -0.1) is 0 Å². The topological polar surface area (TPSA) is 215 Å². The van der Waals surface area contributed by atoms with Crippen molar-refractivity contribution in [1.29, 1.82) is 0 Å². The minimum absolute atomic E-state index is 0.0161. The van der Waals surface area contributed by atoms with Crippen LogP contribution in [0.1, 0.15) is 73.0 Å². The summed E-state index contributed by atoms with van der Waals surface area (Å²) >= 11 is 0. The van der Waals surface area contributed by atoms with Crippen LogP contribution < -0.4 is 25.0 Å². The standard InChI is InChI=1S/C43H46F3N11O6S/c1-2-14-51-64(62,63)54-31-11-10-30(44)37(39(31)46)40(60)29-23-48-41-36(29)38(45)28(22-47-41)26-20-49-43(50-21-26)56-18-16-55(17-19-56)35(59)24-57-15-4-3-5-33(57)25-6-8-27(9-7-25)52-32-12-13-34(58)53-42(32)61/h6-11,20-23,32-33,51-52,54H,2-5,12-19,24H2,1H3,(H,47,48)(H,53,58,61). The first-order chi connectivity index (χ1) is 30.8. The van der Waals surface area contributed by atoms with Gasteiger partial charge in [-0.25, -0.2) is 28.1 Å². The molecular weight excluding hydrogens is 856 g/mol. The number of benzene rings is 2. The Morgan fingerprint density at radius 3 is 2.36 bits per heavy atom. The van der Waals surface area contributed by atoms with E-state index in [0.717, 1.165) is 55.4 Å². The van der Waals surface area contributed by atoms with Gasteiger partial charge in [0.15, 0.2) is 5.82 Å². The average Bonchev–Trinajstić information content (AvgIpc) is 3.74. The van der Waals surface area contributed by atoms with Crippen molar-refractivity contribution in [3.8, 4) is 11.1 Å². The van der Waals surface area contributed by atoms with Crippen LogP contribution >= 0.6 is 0 Å². The van der Waals surface area contributed by atoms with Crippen molar-refractivity contribution in [1.82, 2.24) is 39.8 Å². The van der Waals surface area contributed by atoms with E-state index in [2.05, 4.69) is 40.2 Å². The van der Waals surface area contributed by atoms with E-state index in [9.17, 15) is 27.6 Å². The lowest BCUT2D eigenvalue weighted by Crippen LogP contribution is -2.52. The van der Waals surface area contributed by atoms with Gasteiger partial charge in [-0.05, 0) is 62.1 Å². The SMILES string of the molecule is CCCNS(=O)(=O)Nc1ccc(F)c(C(=O)c2c[nH]c3ncc(-c4cnc(N5CCN(C(=O)CN6CCCCC6c6ccc(NC7CCC(=O)NC7=O)cc6)CC5)nc4)c(F)c23)c1F. The van der Waals surface area contributed by atoms with Gasteiger partial charge < -0.3 is 20.1 Å². The summed E-state index contributed by atoms with van der Waals surface area (Å²) in [6.45, 7) is 4.61. The molecule has 3 fully saturated rings. The summed E-state index contributed by atoms with van der Waals surface area (Å²) in [5, 5.41) is 5.23. The molecule has 8 rings (SSSR count). The monoisotopic (exact) mass is 901 g/mol. The van der Waals surface area contributed by atoms with Crippen LogP contribution in [-0.2, 0) is 24.6 Å². The molecule has 0 spiro atoms. The van der Waals surface area contributed by atoms with E-state index in [1.807, 2.05) is 38.8 Å². The number of pyridine rings is 1. The number of rotatable bonds is 14. The summed E-state index contributed by atoms with van der Waals surface area (Å²) in [5.74, 6) is -5.13. The average molecular weight is 902 g/mol. The number of fused-ring (bicyclic) bond motifs is 1. The van der Waals surface area contributed by atoms with Gasteiger partial charge in [0, 0.05) is 86.8 Å². The number of piperazine rings is 1. The number of nitrogens with zero attached hydrogens (tertiary/aromatic N) is 6. The number of carbonyl (C=O) groups excluding carboxylic acids is 4. The maximum atomic E-state index is 16.3. The fraction of sp³-hybridized carbons (Fsp3) is 0.372. The third-order valence-electron chi connectivity index (χ3n) is 11.7. The van der Waals surface area contributed by atoms with Crippen LogP contribution in [0, 0.1) is 17.5 Å². The van der Waals surface area contributed by atoms with Crippen molar-refractivity contribution in [2.45, 2.75) is 57.5 Å². The summed E-state index contributed by atoms with van der Waals surface area (Å²) in [5.41, 5.74) is -0.258. The molecule has 3 aliphatic rings. The Labute approximate surface area is 366 Å². The summed E-state index contributed by atoms with van der Waals surface area (Å²) in [6.07, 6.45) is 9.20. The van der Waals surface area contributed by atoms with Crippen molar-refractivity contribution < 1.29 is 40.8 Å². The molecule has 0 aliphatic carbocycles. The van der Waals surface area contributed by atoms with Crippen molar-refractivity contribution in [2.75, 3.05) is 60.8 Å². The summed E-state index contributed by atoms with van der Waals surface area (Å²) in [7, 11) is -4.24. The number of likely N-dealkylation sites (tertiary alicyclic amines) is 1. The van der Waals surface area contributed by atoms with E-state index in [1.165, 1.54) is 18.6 Å². The quantitative estimate of drug-likeness (QED) is 0.0774. The van der Waals surface area contributed by atoms with Crippen LogP contribution in [-0.4, -0.2) is 114 Å². The number of hydrogen-bond donors (Lipinski definition) is 5. The lowest BCUT2D eigenvalue weighted by Gasteiger charge is -2.39. The van der Waals surface area contributed by atoms with E-state index in [-0.39, 0.29) is 65.4 Å². The van der Waals surface area contributed by atoms with Gasteiger partial charge in [0.2, 0.25) is 29.5 Å². The molecule has 0 saturated carbocycles. The van der Waals surface area contributed by atoms with E-state index >= 15 is 13.2 Å². The van der Waals surface area contributed by atoms with Crippen LogP contribution in [0.3, 0.4) is 0 Å². The molecule has 64 heavy (non-hydrogen) atoms. The van der Waals surface area contributed by atoms with E-state index in [0.29, 0.717) is 45.0 Å². The molecule has 3 aliphatic heterocycles. The molecule has 3 aromatic heterocycles. The second kappa shape index (κ2) is 18.7. The highest BCUT2D eigenvalue weighted by Gasteiger charge is 2.32. The number of aromatic amines is 1. The Morgan fingerprint density at radius 2 is 1.64 bits per heavy atom. The number of anilines is 3. The van der Waals surface area contributed by atoms with E-state index in [1.54, 1.807) is 6.92 Å². The molecule has 336 valence electrons. The molecule has 2 unspecified atom stereocenters. The molecule has 17 nitrogen and oxygen atoms in total. The van der Waals surface area contributed by atoms with Gasteiger partial charge in [-0.1, -0.05) is 25.5 Å². The van der Waals surface area contributed by atoms with Gasteiger partial charge in [0.05, 0.1) is 28.7 Å². The first-order valence-corrected chi connectivity index (χ1v) is 22.5. The zero-order valence-corrected chi connectivity index (χ0v) is 35.6. The minimum Gasteiger partial charge on any atom is -0.374 e. The number of piperidine rings is 2. The highest BCUT2D eigenvalue weighted by Crippen LogP contribution is 2.34. The summed E-state index contributed by atoms with van der Waals surface area (Å²) < 4.78 is 75.7. The molecule has 3 amide bonds. The zero-order chi connectivity index (χ0) is 45.1. The molecule has 5 N–H and O–H groups in total. The molecule has 0 bridgehead atoms. The number of halogens is 3. The predicted octanol–water partition coefficient (Wildman–Crippen LogP) is 4.42. The number of imide groups is 1. The van der Waals surface area contributed by atoms with Gasteiger partial charge in [0.1, 0.15) is 23.3 Å². The molecule has 2 atom stereocenters. The number of amides is 3. The van der Waals surface area contributed by atoms with Gasteiger partial charge in [-0.2, -0.15) is 13.1 Å². The van der Waals surface area contributed by atoms with E-state index in [4.69, 9.17) is 0 Å². The van der Waals surface area contributed by atoms with Crippen LogP contribution in [0.25, 0.3) is 22.2 Å². The Morgan fingerprint density at radius 1 is 0.891 bits per heavy atom. The smallest absolute Gasteiger partial charge is 0.299 e. The third-order valence-corrected chi connectivity index (χ3v) is 12.8. The molecule has 21 heteroatoms. The maximum Gasteiger partial charge on any atom is 0.299 e. The number of aromatic nitrogens is 4. The Bertz CT molecular complexity index is 2690. The predicted molar refractivity (Wildman–Crippen MR) is 231 cm³/mol. The Balaban J connectivity index is 0.896. The van der Waals surface area contributed by atoms with Crippen molar-refractivity contribution in [2.24, 2.45) is 0 Å². The fourth-order valence-electron chi connectivity index (χ4n) is 8.27. The molecule has 3 saturated heterocycles. The largest absolute Gasteiger partial charge is 0.374 e. The number of carbonyl (C=O) groups is 4. The van der Waals surface area contributed by atoms with Crippen molar-refractivity contribution in [3.05, 3.63) is 95.3 Å². The molecule has 0 radical (unpaired) electrons. The van der Waals surface area contributed by atoms with Crippen LogP contribution in [0.15, 0.2) is 61.2 Å². The van der Waals surface area contributed by atoms with Gasteiger partial charge in [-0.3, -0.25) is 34.1 Å². The highest BCUT2D eigenvalue weighted by molar-refractivity contribution is 7.90. The maximum absolute atomic E-state index is 16.3. The van der Waals surface area contributed by atoms with Crippen molar-refractivity contribution in [3.63, 3.8) is 0 Å². The fourth-order valence-corrected chi connectivity index (χ4v) is 9.27. The first-order valence-electron chi connectivity index (χ1n) is 21.0. The van der Waals surface area contributed by atoms with Crippen LogP contribution in [0.5, 0.6) is 0 Å². The third kappa shape index (κ3) is 9.41. The number of ketones is 1. The summed E-state index contributed by atoms with van der Waals surface area (Å²) in [4.78, 5) is 72.7. The Hall–Kier alpha value is -6.45. The lowest BCUT2D eigenvalue weighted by molar-refractivity contribution is -0.134. The number of nitrogens with one attached hydrogen (secondary N) is 5. The zero-order valence-electron chi connectivity index (χ0n) is 34.8. The highest BCUT2D eigenvalue weighted by atomic mass is 32.2. The first kappa shape index (κ1) is 44.2. The molecule has 2 aromatic carbocycles. The summed E-state index contributed by atoms with van der Waals surface area (Å²) in [6, 6.07) is 9.05. The van der Waals surface area contributed by atoms with Crippen LogP contribution in [0.2, 0.25) is 0 Å². The number of hydrogen-bond acceptors (Lipinski definition) is 12. The normalized spacial score (nSPS) is 18.6. The minimum atomic E-state index is -4.24. The van der Waals surface area contributed by atoms with Gasteiger partial charge in [0.25, 0.3) is 10.2 Å². The van der Waals surface area contributed by atoms with Gasteiger partial charge >= 0.3 is 0 Å².